The van der Waals surface area contributed by atoms with Crippen LogP contribution in [-0.4, -0.2) is 59.8 Å². The van der Waals surface area contributed by atoms with E-state index in [2.05, 4.69) is 59.4 Å². The first-order chi connectivity index (χ1) is 15.7. The molecule has 32 heavy (non-hydrogen) atoms. The fourth-order valence-corrected chi connectivity index (χ4v) is 5.88. The lowest BCUT2D eigenvalue weighted by Crippen LogP contribution is -2.46. The minimum atomic E-state index is 0.441. The molecule has 0 radical (unpaired) electrons. The summed E-state index contributed by atoms with van der Waals surface area (Å²) in [7, 11) is 2.06. The van der Waals surface area contributed by atoms with Crippen LogP contribution >= 0.6 is 11.3 Å². The molecule has 3 fully saturated rings. The largest absolute Gasteiger partial charge is 0.337 e. The number of fused-ring (bicyclic) bond motifs is 3. The summed E-state index contributed by atoms with van der Waals surface area (Å²) in [6.45, 7) is 2.88. The van der Waals surface area contributed by atoms with Gasteiger partial charge in [0.05, 0.1) is 16.8 Å². The van der Waals surface area contributed by atoms with Crippen molar-refractivity contribution in [2.24, 2.45) is 7.05 Å². The first-order valence-corrected chi connectivity index (χ1v) is 12.1. The molecule has 2 N–H and O–H groups in total. The lowest BCUT2D eigenvalue weighted by Gasteiger charge is -2.34. The second-order valence-corrected chi connectivity index (χ2v) is 10.1. The van der Waals surface area contributed by atoms with E-state index >= 15 is 0 Å². The highest BCUT2D eigenvalue weighted by molar-refractivity contribution is 7.17. The van der Waals surface area contributed by atoms with Crippen molar-refractivity contribution < 1.29 is 0 Å². The molecule has 2 atom stereocenters. The summed E-state index contributed by atoms with van der Waals surface area (Å²) >= 11 is 1.67. The van der Waals surface area contributed by atoms with Crippen LogP contribution in [0.1, 0.15) is 36.7 Å². The zero-order valence-corrected chi connectivity index (χ0v) is 18.7. The molecule has 0 spiro atoms. The summed E-state index contributed by atoms with van der Waals surface area (Å²) in [6.07, 6.45) is 7.55. The number of aromatic amines is 1. The minimum absolute atomic E-state index is 0.441. The molecule has 0 amide bonds. The van der Waals surface area contributed by atoms with Gasteiger partial charge < -0.3 is 14.8 Å². The monoisotopic (exact) mass is 447 g/mol. The number of hydrogen-bond acceptors (Lipinski definition) is 8. The standard InChI is InChI=1S/C22H25N9S/c1-29-6-5-23-19(29)12-30-10-15-8-14(30)11-31(15)22-24-16-4-7-32-20(16)21(26-22)25-18-9-17(27-28-18)13-2-3-13/h4-7,9,13-15H,2-3,8,10-12H2,1H3,(H2,24,25,26,27,28)/t14-,15+/m1/s1. The van der Waals surface area contributed by atoms with Crippen LogP contribution in [0, 0.1) is 0 Å². The number of nitrogens with one attached hydrogen (secondary N) is 2. The van der Waals surface area contributed by atoms with E-state index in [0.29, 0.717) is 18.0 Å². The maximum Gasteiger partial charge on any atom is 0.228 e. The van der Waals surface area contributed by atoms with Crippen LogP contribution in [0.25, 0.3) is 10.2 Å². The number of nitrogens with zero attached hydrogens (tertiary/aromatic N) is 7. The molecule has 2 aliphatic heterocycles. The van der Waals surface area contributed by atoms with E-state index in [4.69, 9.17) is 9.97 Å². The number of aryl methyl sites for hydroxylation is 1. The molecule has 2 bridgehead atoms. The Labute approximate surface area is 189 Å². The molecule has 9 nitrogen and oxygen atoms in total. The van der Waals surface area contributed by atoms with Gasteiger partial charge in [-0.1, -0.05) is 0 Å². The van der Waals surface area contributed by atoms with Gasteiger partial charge in [0.25, 0.3) is 0 Å². The Morgan fingerprint density at radius 3 is 2.94 bits per heavy atom. The van der Waals surface area contributed by atoms with E-state index in [1.807, 2.05) is 12.4 Å². The first kappa shape index (κ1) is 18.6. The number of piperazine rings is 1. The number of likely N-dealkylation sites (tertiary alicyclic amines) is 1. The number of hydrogen-bond donors (Lipinski definition) is 2. The molecule has 2 saturated heterocycles. The quantitative estimate of drug-likeness (QED) is 0.469. The molecule has 10 heteroatoms. The lowest BCUT2D eigenvalue weighted by atomic mass is 10.2. The van der Waals surface area contributed by atoms with Crippen LogP contribution in [0.2, 0.25) is 0 Å². The van der Waals surface area contributed by atoms with Crippen molar-refractivity contribution in [1.29, 1.82) is 0 Å². The maximum atomic E-state index is 4.98. The predicted octanol–water partition coefficient (Wildman–Crippen LogP) is 3.23. The van der Waals surface area contributed by atoms with Crippen LogP contribution < -0.4 is 10.2 Å². The average Bonchev–Trinajstić information content (AvgIpc) is 3.28. The zero-order valence-electron chi connectivity index (χ0n) is 17.9. The summed E-state index contributed by atoms with van der Waals surface area (Å²) < 4.78 is 3.18. The number of H-pyrrole nitrogens is 1. The van der Waals surface area contributed by atoms with Gasteiger partial charge in [-0.25, -0.2) is 9.97 Å². The van der Waals surface area contributed by atoms with E-state index in [1.165, 1.54) is 18.5 Å². The molecule has 4 aromatic heterocycles. The van der Waals surface area contributed by atoms with E-state index in [9.17, 15) is 0 Å². The molecule has 164 valence electrons. The molecule has 1 aliphatic carbocycles. The van der Waals surface area contributed by atoms with Crippen LogP contribution in [-0.2, 0) is 13.6 Å². The minimum Gasteiger partial charge on any atom is -0.337 e. The number of aromatic nitrogens is 6. The summed E-state index contributed by atoms with van der Waals surface area (Å²) in [6, 6.07) is 5.16. The van der Waals surface area contributed by atoms with Gasteiger partial charge in [-0.3, -0.25) is 10.00 Å². The van der Waals surface area contributed by atoms with Crippen LogP contribution in [0.4, 0.5) is 17.6 Å². The number of rotatable bonds is 6. The fourth-order valence-electron chi connectivity index (χ4n) is 5.11. The molecule has 6 heterocycles. The van der Waals surface area contributed by atoms with Crippen molar-refractivity contribution in [3.63, 3.8) is 0 Å². The summed E-state index contributed by atoms with van der Waals surface area (Å²) in [5.74, 6) is 4.27. The van der Waals surface area contributed by atoms with Crippen LogP contribution in [0.3, 0.4) is 0 Å². The third kappa shape index (κ3) is 3.08. The maximum absolute atomic E-state index is 4.98. The van der Waals surface area contributed by atoms with E-state index < -0.39 is 0 Å². The third-order valence-electron chi connectivity index (χ3n) is 7.03. The smallest absolute Gasteiger partial charge is 0.228 e. The van der Waals surface area contributed by atoms with Gasteiger partial charge in [0.2, 0.25) is 5.95 Å². The van der Waals surface area contributed by atoms with Crippen molar-refractivity contribution in [3.05, 3.63) is 41.4 Å². The topological polar surface area (TPSA) is 90.8 Å². The Balaban J connectivity index is 1.14. The molecule has 3 aliphatic rings. The van der Waals surface area contributed by atoms with E-state index in [-0.39, 0.29) is 0 Å². The van der Waals surface area contributed by atoms with Crippen molar-refractivity contribution >= 4 is 39.1 Å². The highest BCUT2D eigenvalue weighted by atomic mass is 32.1. The van der Waals surface area contributed by atoms with Gasteiger partial charge >= 0.3 is 0 Å². The van der Waals surface area contributed by atoms with Crippen molar-refractivity contribution in [2.45, 2.75) is 43.8 Å². The van der Waals surface area contributed by atoms with Gasteiger partial charge in [-0.2, -0.15) is 10.1 Å². The molecule has 0 aromatic carbocycles. The molecule has 4 aromatic rings. The van der Waals surface area contributed by atoms with Gasteiger partial charge in [-0.15, -0.1) is 11.3 Å². The third-order valence-corrected chi connectivity index (χ3v) is 7.94. The fraction of sp³-hybridized carbons (Fsp3) is 0.455. The number of thiophene rings is 1. The average molecular weight is 448 g/mol. The number of anilines is 3. The summed E-state index contributed by atoms with van der Waals surface area (Å²) in [4.78, 5) is 19.3. The first-order valence-electron chi connectivity index (χ1n) is 11.3. The molecular formula is C22H25N9S. The Bertz CT molecular complexity index is 1290. The highest BCUT2D eigenvalue weighted by Crippen LogP contribution is 2.40. The van der Waals surface area contributed by atoms with E-state index in [0.717, 1.165) is 59.7 Å². The summed E-state index contributed by atoms with van der Waals surface area (Å²) in [5.41, 5.74) is 2.21. The van der Waals surface area contributed by atoms with Crippen LogP contribution in [0.5, 0.6) is 0 Å². The number of imidazole rings is 1. The van der Waals surface area contributed by atoms with Gasteiger partial charge in [0, 0.05) is 62.3 Å². The molecule has 7 rings (SSSR count). The van der Waals surface area contributed by atoms with Crippen molar-refractivity contribution in [3.8, 4) is 0 Å². The van der Waals surface area contributed by atoms with Gasteiger partial charge in [-0.05, 0) is 30.7 Å². The lowest BCUT2D eigenvalue weighted by molar-refractivity contribution is 0.222. The van der Waals surface area contributed by atoms with Crippen molar-refractivity contribution in [1.82, 2.24) is 34.6 Å². The van der Waals surface area contributed by atoms with E-state index in [1.54, 1.807) is 11.3 Å². The Kier molecular flexibility index (Phi) is 4.07. The molecular weight excluding hydrogens is 422 g/mol. The second kappa shape index (κ2) is 7.01. The Morgan fingerprint density at radius 1 is 1.22 bits per heavy atom. The van der Waals surface area contributed by atoms with Crippen molar-refractivity contribution in [2.75, 3.05) is 23.3 Å². The van der Waals surface area contributed by atoms with Crippen LogP contribution in [0.15, 0.2) is 29.9 Å². The molecule has 0 unspecified atom stereocenters. The van der Waals surface area contributed by atoms with Gasteiger partial charge in [0.1, 0.15) is 5.82 Å². The zero-order chi connectivity index (χ0) is 21.2. The normalized spacial score (nSPS) is 23.0. The Hall–Kier alpha value is -2.98. The highest BCUT2D eigenvalue weighted by Gasteiger charge is 2.44. The second-order valence-electron chi connectivity index (χ2n) is 9.19. The summed E-state index contributed by atoms with van der Waals surface area (Å²) in [5, 5.41) is 13.2. The SMILES string of the molecule is Cn1ccnc1CN1C[C@@H]2C[C@@H]1CN2c1nc(Nc2cc(C3CC3)[nH]n2)c2sccc2n1. The molecule has 1 saturated carbocycles. The van der Waals surface area contributed by atoms with Gasteiger partial charge in [0.15, 0.2) is 11.6 Å². The Morgan fingerprint density at radius 2 is 2.16 bits per heavy atom. The predicted molar refractivity (Wildman–Crippen MR) is 124 cm³/mol.